The predicted octanol–water partition coefficient (Wildman–Crippen LogP) is 1.91. The maximum absolute atomic E-state index is 12.1. The Labute approximate surface area is 79.7 Å². The number of nitrogens with one attached hydrogen (secondary N) is 1. The van der Waals surface area contributed by atoms with Crippen LogP contribution in [0.2, 0.25) is 0 Å². The number of H-pyrrole nitrogens is 1. The molecule has 0 saturated carbocycles. The van der Waals surface area contributed by atoms with Crippen LogP contribution in [0.25, 0.3) is 0 Å². The third-order valence-corrected chi connectivity index (χ3v) is 1.68. The monoisotopic (exact) mass is 228 g/mol. The van der Waals surface area contributed by atoms with Crippen molar-refractivity contribution >= 4 is 5.69 Å². The van der Waals surface area contributed by atoms with Crippen LogP contribution in [-0.2, 0) is 6.18 Å². The first-order valence-corrected chi connectivity index (χ1v) is 3.61. The molecule has 0 bridgehead atoms. The van der Waals surface area contributed by atoms with Crippen LogP contribution in [0, 0.1) is 0 Å². The van der Waals surface area contributed by atoms with Crippen LogP contribution < -0.4 is 11.2 Å². The number of nitrogens with two attached hydrogens (primary N) is 1. The summed E-state index contributed by atoms with van der Waals surface area (Å²) in [6.07, 6.45) is -7.86. The van der Waals surface area contributed by atoms with Crippen molar-refractivity contribution in [1.29, 1.82) is 0 Å². The molecule has 0 aromatic carbocycles. The lowest BCUT2D eigenvalue weighted by Gasteiger charge is -2.09. The van der Waals surface area contributed by atoms with Gasteiger partial charge in [-0.3, -0.25) is 4.79 Å². The molecule has 0 amide bonds. The number of anilines is 1. The summed E-state index contributed by atoms with van der Waals surface area (Å²) in [5, 5.41) is 0. The number of halogens is 5. The lowest BCUT2D eigenvalue weighted by atomic mass is 10.2. The molecule has 8 heteroatoms. The summed E-state index contributed by atoms with van der Waals surface area (Å²) in [6, 6.07) is 0. The first-order chi connectivity index (χ1) is 6.75. The fraction of sp³-hybridized carbons (Fsp3) is 0.286. The Bertz CT molecular complexity index is 422. The van der Waals surface area contributed by atoms with Crippen LogP contribution in [0.5, 0.6) is 0 Å². The molecule has 0 spiro atoms. The molecule has 1 heterocycles. The highest BCUT2D eigenvalue weighted by molar-refractivity contribution is 5.46. The van der Waals surface area contributed by atoms with Gasteiger partial charge in [0.15, 0.2) is 0 Å². The van der Waals surface area contributed by atoms with Crippen LogP contribution >= 0.6 is 0 Å². The van der Waals surface area contributed by atoms with Crippen molar-refractivity contribution in [3.8, 4) is 0 Å². The molecule has 0 fully saturated rings. The Kier molecular flexibility index (Phi) is 2.69. The fourth-order valence-electron chi connectivity index (χ4n) is 0.952. The molecule has 1 rings (SSSR count). The van der Waals surface area contributed by atoms with E-state index in [-0.39, 0.29) is 6.20 Å². The zero-order valence-electron chi connectivity index (χ0n) is 7.03. The number of rotatable bonds is 1. The van der Waals surface area contributed by atoms with Gasteiger partial charge in [-0.25, -0.2) is 8.78 Å². The van der Waals surface area contributed by atoms with Crippen molar-refractivity contribution in [3.05, 3.63) is 27.7 Å². The Morgan fingerprint density at radius 2 is 1.87 bits per heavy atom. The molecule has 0 aliphatic rings. The third kappa shape index (κ3) is 2.08. The highest BCUT2D eigenvalue weighted by Crippen LogP contribution is 2.28. The van der Waals surface area contributed by atoms with E-state index in [2.05, 4.69) is 0 Å². The standard InChI is InChI=1S/C7H5F5N2O/c8-6(9)4-3(13)5(15)2(1-14-4)7(10,11)12/h1,6H,13H2,(H,14,15). The second-order valence-corrected chi connectivity index (χ2v) is 2.66. The molecule has 0 saturated heterocycles. The average Bonchev–Trinajstić information content (AvgIpc) is 2.06. The Morgan fingerprint density at radius 1 is 1.33 bits per heavy atom. The molecule has 84 valence electrons. The summed E-state index contributed by atoms with van der Waals surface area (Å²) in [6.45, 7) is 0. The minimum Gasteiger partial charge on any atom is -0.394 e. The second-order valence-electron chi connectivity index (χ2n) is 2.66. The molecule has 3 nitrogen and oxygen atoms in total. The largest absolute Gasteiger partial charge is 0.421 e. The Balaban J connectivity index is 3.42. The van der Waals surface area contributed by atoms with Crippen molar-refractivity contribution in [3.63, 3.8) is 0 Å². The number of aromatic nitrogens is 1. The van der Waals surface area contributed by atoms with Crippen LogP contribution in [0.15, 0.2) is 11.0 Å². The summed E-state index contributed by atoms with van der Waals surface area (Å²) in [7, 11) is 0. The van der Waals surface area contributed by atoms with E-state index in [0.29, 0.717) is 0 Å². The van der Waals surface area contributed by atoms with Crippen LogP contribution in [0.3, 0.4) is 0 Å². The minimum atomic E-state index is -4.91. The summed E-state index contributed by atoms with van der Waals surface area (Å²) in [5.41, 5.74) is -0.496. The van der Waals surface area contributed by atoms with E-state index in [9.17, 15) is 26.7 Å². The maximum atomic E-state index is 12.1. The van der Waals surface area contributed by atoms with E-state index in [0.717, 1.165) is 0 Å². The van der Waals surface area contributed by atoms with E-state index >= 15 is 0 Å². The van der Waals surface area contributed by atoms with Crippen molar-refractivity contribution in [1.82, 2.24) is 4.98 Å². The van der Waals surface area contributed by atoms with Gasteiger partial charge in [-0.2, -0.15) is 13.2 Å². The zero-order valence-corrected chi connectivity index (χ0v) is 7.03. The van der Waals surface area contributed by atoms with Gasteiger partial charge in [0.25, 0.3) is 6.43 Å². The van der Waals surface area contributed by atoms with E-state index < -0.39 is 35.0 Å². The van der Waals surface area contributed by atoms with Crippen LogP contribution in [0.4, 0.5) is 27.6 Å². The van der Waals surface area contributed by atoms with Crippen LogP contribution in [0.1, 0.15) is 17.7 Å². The molecular formula is C7H5F5N2O. The number of nitrogen functional groups attached to an aromatic ring is 1. The van der Waals surface area contributed by atoms with Crippen molar-refractivity contribution in [2.75, 3.05) is 5.73 Å². The molecular weight excluding hydrogens is 223 g/mol. The topological polar surface area (TPSA) is 58.9 Å². The van der Waals surface area contributed by atoms with E-state index in [4.69, 9.17) is 5.73 Å². The van der Waals surface area contributed by atoms with Crippen molar-refractivity contribution in [2.24, 2.45) is 0 Å². The highest BCUT2D eigenvalue weighted by atomic mass is 19.4. The number of hydrogen-bond donors (Lipinski definition) is 2. The van der Waals surface area contributed by atoms with Gasteiger partial charge in [0, 0.05) is 6.20 Å². The summed E-state index contributed by atoms with van der Waals surface area (Å²) >= 11 is 0. The third-order valence-electron chi connectivity index (χ3n) is 1.68. The lowest BCUT2D eigenvalue weighted by molar-refractivity contribution is -0.138. The fourth-order valence-corrected chi connectivity index (χ4v) is 0.952. The number of aromatic amines is 1. The van der Waals surface area contributed by atoms with E-state index in [1.165, 1.54) is 0 Å². The normalized spacial score (nSPS) is 12.1. The molecule has 1 aromatic rings. The second kappa shape index (κ2) is 3.52. The van der Waals surface area contributed by atoms with Crippen molar-refractivity contribution < 1.29 is 22.0 Å². The van der Waals surface area contributed by atoms with Gasteiger partial charge in [-0.1, -0.05) is 0 Å². The number of alkyl halides is 5. The van der Waals surface area contributed by atoms with Gasteiger partial charge < -0.3 is 10.7 Å². The van der Waals surface area contributed by atoms with E-state index in [1.807, 2.05) is 0 Å². The van der Waals surface area contributed by atoms with Crippen molar-refractivity contribution in [2.45, 2.75) is 12.6 Å². The first kappa shape index (κ1) is 11.5. The molecule has 1 aromatic heterocycles. The smallest absolute Gasteiger partial charge is 0.394 e. The Hall–Kier alpha value is -1.60. The average molecular weight is 228 g/mol. The van der Waals surface area contributed by atoms with Gasteiger partial charge in [0.05, 0.1) is 0 Å². The van der Waals surface area contributed by atoms with Gasteiger partial charge in [-0.15, -0.1) is 0 Å². The van der Waals surface area contributed by atoms with E-state index in [1.54, 1.807) is 4.98 Å². The number of hydrogen-bond acceptors (Lipinski definition) is 2. The molecule has 0 aliphatic carbocycles. The molecule has 15 heavy (non-hydrogen) atoms. The summed E-state index contributed by atoms with van der Waals surface area (Å²) in [5.74, 6) is 0. The predicted molar refractivity (Wildman–Crippen MR) is 41.4 cm³/mol. The quantitative estimate of drug-likeness (QED) is 0.721. The molecule has 3 N–H and O–H groups in total. The molecule has 0 aliphatic heterocycles. The summed E-state index contributed by atoms with van der Waals surface area (Å²) in [4.78, 5) is 12.6. The Morgan fingerprint density at radius 3 is 2.27 bits per heavy atom. The summed E-state index contributed by atoms with van der Waals surface area (Å²) < 4.78 is 60.5. The molecule has 0 atom stereocenters. The lowest BCUT2D eigenvalue weighted by Crippen LogP contribution is -2.23. The number of pyridine rings is 1. The minimum absolute atomic E-state index is 0.181. The van der Waals surface area contributed by atoms with Gasteiger partial charge >= 0.3 is 6.18 Å². The highest BCUT2D eigenvalue weighted by Gasteiger charge is 2.35. The molecule has 0 unspecified atom stereocenters. The van der Waals surface area contributed by atoms with Gasteiger partial charge in [-0.05, 0) is 0 Å². The zero-order chi connectivity index (χ0) is 11.8. The van der Waals surface area contributed by atoms with Crippen LogP contribution in [-0.4, -0.2) is 4.98 Å². The maximum Gasteiger partial charge on any atom is 0.421 e. The van der Waals surface area contributed by atoms with Gasteiger partial charge in [0.1, 0.15) is 16.9 Å². The van der Waals surface area contributed by atoms with Gasteiger partial charge in [0.2, 0.25) is 5.43 Å². The SMILES string of the molecule is Nc1c(C(F)F)[nH]cc(C(F)(F)F)c1=O. The molecule has 0 radical (unpaired) electrons. The first-order valence-electron chi connectivity index (χ1n) is 3.61.